The number of ether oxygens (including phenoxy) is 3. The van der Waals surface area contributed by atoms with E-state index in [1.807, 2.05) is 24.3 Å². The van der Waals surface area contributed by atoms with Crippen molar-refractivity contribution in [3.63, 3.8) is 0 Å². The fourth-order valence-electron chi connectivity index (χ4n) is 4.01. The van der Waals surface area contributed by atoms with E-state index in [-0.39, 0.29) is 24.9 Å². The summed E-state index contributed by atoms with van der Waals surface area (Å²) in [6.45, 7) is 8.84. The van der Waals surface area contributed by atoms with Gasteiger partial charge in [0.2, 0.25) is 6.10 Å². The van der Waals surface area contributed by atoms with Crippen molar-refractivity contribution in [1.29, 1.82) is 0 Å². The lowest BCUT2D eigenvalue weighted by molar-refractivity contribution is -0.127. The Balaban J connectivity index is 0.00000259. The van der Waals surface area contributed by atoms with Gasteiger partial charge in [0.25, 0.3) is 5.91 Å². The summed E-state index contributed by atoms with van der Waals surface area (Å²) >= 11 is 1.55. The molecule has 1 aromatic heterocycles. The standard InChI is InChI=1S/C24H27N3O4S.ClH/c1-16-7-8-21-22(17(16)2)25-24(32-21)27(10-9-26-11-13-29-14-12-26)23(28)20-15-30-18-5-3-4-6-19(18)31-20;/h3-8,20H,9-15H2,1-2H3;1H. The molecule has 1 unspecified atom stereocenters. The number of para-hydroxylation sites is 2. The molecule has 0 bridgehead atoms. The summed E-state index contributed by atoms with van der Waals surface area (Å²) in [6, 6.07) is 11.6. The number of fused-ring (bicyclic) bond motifs is 2. The molecule has 0 radical (unpaired) electrons. The van der Waals surface area contributed by atoms with E-state index in [4.69, 9.17) is 19.2 Å². The Kier molecular flexibility index (Phi) is 7.38. The SMILES string of the molecule is Cc1ccc2sc(N(CCN3CCOCC3)C(=O)C3COc4ccccc4O3)nc2c1C.Cl. The van der Waals surface area contributed by atoms with Crippen LogP contribution in [0, 0.1) is 13.8 Å². The average molecular weight is 490 g/mol. The van der Waals surface area contributed by atoms with Crippen LogP contribution < -0.4 is 14.4 Å². The van der Waals surface area contributed by atoms with Gasteiger partial charge in [-0.25, -0.2) is 4.98 Å². The molecule has 0 saturated carbocycles. The first-order valence-corrected chi connectivity index (χ1v) is 11.8. The van der Waals surface area contributed by atoms with Gasteiger partial charge in [-0.15, -0.1) is 12.4 Å². The van der Waals surface area contributed by atoms with E-state index in [0.717, 1.165) is 48.6 Å². The van der Waals surface area contributed by atoms with E-state index in [1.165, 1.54) is 5.56 Å². The Labute approximate surface area is 203 Å². The van der Waals surface area contributed by atoms with Gasteiger partial charge in [-0.3, -0.25) is 14.6 Å². The minimum atomic E-state index is -0.704. The molecule has 176 valence electrons. The maximum absolute atomic E-state index is 13.7. The maximum Gasteiger partial charge on any atom is 0.273 e. The number of morpholine rings is 1. The van der Waals surface area contributed by atoms with E-state index in [9.17, 15) is 4.79 Å². The van der Waals surface area contributed by atoms with Crippen LogP contribution >= 0.6 is 23.7 Å². The predicted octanol–water partition coefficient (Wildman–Crippen LogP) is 3.84. The van der Waals surface area contributed by atoms with E-state index in [0.29, 0.717) is 23.2 Å². The van der Waals surface area contributed by atoms with Gasteiger partial charge in [-0.2, -0.15) is 0 Å². The lowest BCUT2D eigenvalue weighted by Crippen LogP contribution is -2.49. The number of carbonyl (C=O) groups is 1. The quantitative estimate of drug-likeness (QED) is 0.542. The minimum absolute atomic E-state index is 0. The van der Waals surface area contributed by atoms with Gasteiger partial charge in [0.05, 0.1) is 23.4 Å². The van der Waals surface area contributed by atoms with Crippen molar-refractivity contribution in [2.75, 3.05) is 50.9 Å². The number of amides is 1. The number of carbonyl (C=O) groups excluding carboxylic acids is 1. The first-order chi connectivity index (χ1) is 15.6. The third-order valence-electron chi connectivity index (χ3n) is 6.10. The summed E-state index contributed by atoms with van der Waals surface area (Å²) in [4.78, 5) is 22.6. The highest BCUT2D eigenvalue weighted by molar-refractivity contribution is 7.22. The lowest BCUT2D eigenvalue weighted by atomic mass is 10.1. The Morgan fingerprint density at radius 3 is 2.70 bits per heavy atom. The maximum atomic E-state index is 13.7. The fourth-order valence-corrected chi connectivity index (χ4v) is 5.07. The average Bonchev–Trinajstić information content (AvgIpc) is 3.26. The van der Waals surface area contributed by atoms with Crippen LogP contribution in [0.25, 0.3) is 10.2 Å². The number of hydrogen-bond donors (Lipinski definition) is 0. The molecule has 3 heterocycles. The van der Waals surface area contributed by atoms with Crippen LogP contribution in [0.1, 0.15) is 11.1 Å². The van der Waals surface area contributed by atoms with E-state index in [1.54, 1.807) is 16.2 Å². The van der Waals surface area contributed by atoms with Gasteiger partial charge in [-0.05, 0) is 43.2 Å². The van der Waals surface area contributed by atoms with Crippen LogP contribution in [-0.2, 0) is 9.53 Å². The summed E-state index contributed by atoms with van der Waals surface area (Å²) in [7, 11) is 0. The van der Waals surface area contributed by atoms with Crippen molar-refractivity contribution < 1.29 is 19.0 Å². The zero-order valence-electron chi connectivity index (χ0n) is 18.8. The molecule has 1 atom stereocenters. The molecule has 0 aliphatic carbocycles. The topological polar surface area (TPSA) is 64.1 Å². The molecule has 0 N–H and O–H groups in total. The molecule has 0 spiro atoms. The molecule has 33 heavy (non-hydrogen) atoms. The second-order valence-corrected chi connectivity index (χ2v) is 9.17. The first-order valence-electron chi connectivity index (χ1n) is 11.0. The second-order valence-electron chi connectivity index (χ2n) is 8.16. The summed E-state index contributed by atoms with van der Waals surface area (Å²) in [6.07, 6.45) is -0.704. The molecule has 2 aliphatic rings. The van der Waals surface area contributed by atoms with Gasteiger partial charge in [0.15, 0.2) is 16.6 Å². The number of aromatic nitrogens is 1. The van der Waals surface area contributed by atoms with Gasteiger partial charge in [0, 0.05) is 26.2 Å². The third kappa shape index (κ3) is 4.94. The number of halogens is 1. The molecule has 3 aromatic rings. The zero-order chi connectivity index (χ0) is 22.1. The monoisotopic (exact) mass is 489 g/mol. The summed E-state index contributed by atoms with van der Waals surface area (Å²) in [5.74, 6) is 1.14. The molecule has 1 saturated heterocycles. The Morgan fingerprint density at radius 2 is 1.91 bits per heavy atom. The Hall–Kier alpha value is -2.39. The van der Waals surface area contributed by atoms with Crippen LogP contribution in [0.3, 0.4) is 0 Å². The Morgan fingerprint density at radius 1 is 1.15 bits per heavy atom. The highest BCUT2D eigenvalue weighted by atomic mass is 35.5. The van der Waals surface area contributed by atoms with Crippen molar-refractivity contribution in [3.8, 4) is 11.5 Å². The predicted molar refractivity (Wildman–Crippen MR) is 132 cm³/mol. The van der Waals surface area contributed by atoms with Crippen molar-refractivity contribution in [2.45, 2.75) is 20.0 Å². The van der Waals surface area contributed by atoms with E-state index >= 15 is 0 Å². The normalized spacial score (nSPS) is 18.1. The van der Waals surface area contributed by atoms with Crippen LogP contribution in [-0.4, -0.2) is 67.9 Å². The zero-order valence-corrected chi connectivity index (χ0v) is 20.4. The number of aryl methyl sites for hydroxylation is 2. The van der Waals surface area contributed by atoms with Gasteiger partial charge < -0.3 is 14.2 Å². The van der Waals surface area contributed by atoms with Crippen molar-refractivity contribution in [2.24, 2.45) is 0 Å². The second kappa shape index (κ2) is 10.3. The minimum Gasteiger partial charge on any atom is -0.485 e. The number of rotatable bonds is 5. The Bertz CT molecular complexity index is 1130. The number of nitrogens with zero attached hydrogens (tertiary/aromatic N) is 3. The van der Waals surface area contributed by atoms with Crippen LogP contribution in [0.5, 0.6) is 11.5 Å². The van der Waals surface area contributed by atoms with Gasteiger partial charge in [-0.1, -0.05) is 29.5 Å². The molecule has 5 rings (SSSR count). The molecular weight excluding hydrogens is 462 g/mol. The first kappa shape index (κ1) is 23.8. The third-order valence-corrected chi connectivity index (χ3v) is 7.14. The molecule has 9 heteroatoms. The molecular formula is C24H28ClN3O4S. The van der Waals surface area contributed by atoms with Crippen molar-refractivity contribution >= 4 is 45.0 Å². The number of thiazole rings is 1. The highest BCUT2D eigenvalue weighted by Crippen LogP contribution is 2.34. The van der Waals surface area contributed by atoms with Crippen LogP contribution in [0.15, 0.2) is 36.4 Å². The smallest absolute Gasteiger partial charge is 0.273 e. The van der Waals surface area contributed by atoms with E-state index < -0.39 is 6.10 Å². The van der Waals surface area contributed by atoms with Crippen molar-refractivity contribution in [3.05, 3.63) is 47.5 Å². The van der Waals surface area contributed by atoms with Gasteiger partial charge >= 0.3 is 0 Å². The highest BCUT2D eigenvalue weighted by Gasteiger charge is 2.33. The summed E-state index contributed by atoms with van der Waals surface area (Å²) < 4.78 is 18.4. The van der Waals surface area contributed by atoms with Crippen LogP contribution in [0.2, 0.25) is 0 Å². The van der Waals surface area contributed by atoms with Gasteiger partial charge in [0.1, 0.15) is 6.61 Å². The molecule has 2 aromatic carbocycles. The van der Waals surface area contributed by atoms with Crippen molar-refractivity contribution in [1.82, 2.24) is 9.88 Å². The largest absolute Gasteiger partial charge is 0.485 e. The molecule has 7 nitrogen and oxygen atoms in total. The summed E-state index contributed by atoms with van der Waals surface area (Å²) in [5, 5.41) is 0.703. The molecule has 2 aliphatic heterocycles. The fraction of sp³-hybridized carbons (Fsp3) is 0.417. The molecule has 1 fully saturated rings. The number of anilines is 1. The number of benzene rings is 2. The molecule has 1 amide bonds. The van der Waals surface area contributed by atoms with Crippen LogP contribution in [0.4, 0.5) is 5.13 Å². The lowest BCUT2D eigenvalue weighted by Gasteiger charge is -2.32. The van der Waals surface area contributed by atoms with E-state index in [2.05, 4.69) is 30.9 Å². The number of hydrogen-bond acceptors (Lipinski definition) is 7. The summed E-state index contributed by atoms with van der Waals surface area (Å²) in [5.41, 5.74) is 3.30.